The lowest BCUT2D eigenvalue weighted by molar-refractivity contribution is 0.275. The summed E-state index contributed by atoms with van der Waals surface area (Å²) >= 11 is 0. The van der Waals surface area contributed by atoms with Gasteiger partial charge in [0.05, 0.1) is 13.2 Å². The van der Waals surface area contributed by atoms with Gasteiger partial charge in [-0.2, -0.15) is 0 Å². The molecule has 2 aromatic rings. The van der Waals surface area contributed by atoms with E-state index in [1.54, 1.807) is 24.5 Å². The van der Waals surface area contributed by atoms with Crippen LogP contribution in [0.4, 0.5) is 10.3 Å². The second-order valence-electron chi connectivity index (χ2n) is 6.28. The van der Waals surface area contributed by atoms with Crippen molar-refractivity contribution in [3.05, 3.63) is 53.6 Å². The van der Waals surface area contributed by atoms with Crippen LogP contribution in [0, 0.1) is 5.82 Å². The van der Waals surface area contributed by atoms with Crippen molar-refractivity contribution in [1.82, 2.24) is 20.2 Å². The Hall–Kier alpha value is -2.74. The molecule has 1 aromatic carbocycles. The lowest BCUT2D eigenvalue weighted by Gasteiger charge is -2.36. The van der Waals surface area contributed by atoms with Crippen LogP contribution in [-0.4, -0.2) is 58.7 Å². The Balaban J connectivity index is 1.64. The summed E-state index contributed by atoms with van der Waals surface area (Å²) < 4.78 is 13.5. The van der Waals surface area contributed by atoms with Crippen molar-refractivity contribution in [3.63, 3.8) is 0 Å². The number of halogens is 1. The Morgan fingerprint density at radius 3 is 2.63 bits per heavy atom. The van der Waals surface area contributed by atoms with Gasteiger partial charge >= 0.3 is 0 Å². The van der Waals surface area contributed by atoms with Crippen molar-refractivity contribution >= 4 is 11.9 Å². The van der Waals surface area contributed by atoms with E-state index >= 15 is 0 Å². The van der Waals surface area contributed by atoms with Crippen molar-refractivity contribution in [2.24, 2.45) is 4.99 Å². The normalized spacial score (nSPS) is 15.1. The largest absolute Gasteiger partial charge is 0.392 e. The van der Waals surface area contributed by atoms with E-state index in [0.717, 1.165) is 50.2 Å². The van der Waals surface area contributed by atoms with Gasteiger partial charge in [0.25, 0.3) is 0 Å². The molecule has 1 saturated heterocycles. The molecule has 7 nitrogen and oxygen atoms in total. The number of hydrogen-bond acceptors (Lipinski definition) is 5. The van der Waals surface area contributed by atoms with Crippen LogP contribution in [-0.2, 0) is 13.2 Å². The number of nitrogens with one attached hydrogen (secondary N) is 1. The molecule has 0 atom stereocenters. The number of aliphatic hydroxyl groups excluding tert-OH is 1. The monoisotopic (exact) mass is 372 g/mol. The van der Waals surface area contributed by atoms with Gasteiger partial charge in [-0.1, -0.05) is 6.07 Å². The molecule has 0 aliphatic carbocycles. The number of hydrogen-bond donors (Lipinski definition) is 2. The van der Waals surface area contributed by atoms with E-state index in [9.17, 15) is 9.50 Å². The Morgan fingerprint density at radius 1 is 1.22 bits per heavy atom. The van der Waals surface area contributed by atoms with E-state index < -0.39 is 5.82 Å². The second-order valence-corrected chi connectivity index (χ2v) is 6.28. The fraction of sp³-hybridized carbons (Fsp3) is 0.421. The summed E-state index contributed by atoms with van der Waals surface area (Å²) in [7, 11) is 0. The van der Waals surface area contributed by atoms with Crippen molar-refractivity contribution in [2.45, 2.75) is 20.1 Å². The third-order valence-electron chi connectivity index (χ3n) is 4.44. The van der Waals surface area contributed by atoms with Crippen LogP contribution in [0.25, 0.3) is 0 Å². The average Bonchev–Trinajstić information content (AvgIpc) is 2.73. The molecule has 0 bridgehead atoms. The van der Waals surface area contributed by atoms with Gasteiger partial charge < -0.3 is 20.2 Å². The Morgan fingerprint density at radius 2 is 1.96 bits per heavy atom. The minimum Gasteiger partial charge on any atom is -0.392 e. The van der Waals surface area contributed by atoms with Gasteiger partial charge in [0.2, 0.25) is 5.95 Å². The van der Waals surface area contributed by atoms with E-state index in [1.807, 2.05) is 13.0 Å². The molecule has 1 aliphatic heterocycles. The standard InChI is InChI=1S/C19H25FN6O/c1-2-21-18(24-13-15-4-5-17(20)16(12-15)14-27)25-8-10-26(11-9-25)19-22-6-3-7-23-19/h3-7,12,27H,2,8-11,13-14H2,1H3,(H,21,24). The number of rotatable bonds is 5. The molecule has 2 N–H and O–H groups in total. The van der Waals surface area contributed by atoms with E-state index in [4.69, 9.17) is 0 Å². The van der Waals surface area contributed by atoms with Crippen LogP contribution >= 0.6 is 0 Å². The third-order valence-corrected chi connectivity index (χ3v) is 4.44. The van der Waals surface area contributed by atoms with E-state index in [1.165, 1.54) is 6.07 Å². The maximum atomic E-state index is 13.5. The van der Waals surface area contributed by atoms with Crippen LogP contribution in [0.1, 0.15) is 18.1 Å². The molecule has 0 unspecified atom stereocenters. The van der Waals surface area contributed by atoms with E-state index in [2.05, 4.69) is 30.1 Å². The zero-order valence-corrected chi connectivity index (χ0v) is 15.5. The van der Waals surface area contributed by atoms with Crippen molar-refractivity contribution in [2.75, 3.05) is 37.6 Å². The van der Waals surface area contributed by atoms with Gasteiger partial charge in [0, 0.05) is 50.7 Å². The average molecular weight is 372 g/mol. The van der Waals surface area contributed by atoms with Crippen LogP contribution in [0.2, 0.25) is 0 Å². The fourth-order valence-corrected chi connectivity index (χ4v) is 3.01. The minimum absolute atomic E-state index is 0.296. The van der Waals surface area contributed by atoms with E-state index in [0.29, 0.717) is 12.1 Å². The molecular weight excluding hydrogens is 347 g/mol. The smallest absolute Gasteiger partial charge is 0.225 e. The number of anilines is 1. The molecule has 0 spiro atoms. The Kier molecular flexibility index (Phi) is 6.54. The fourth-order valence-electron chi connectivity index (χ4n) is 3.01. The topological polar surface area (TPSA) is 76.9 Å². The summed E-state index contributed by atoms with van der Waals surface area (Å²) in [5.41, 5.74) is 1.16. The van der Waals surface area contributed by atoms with Crippen molar-refractivity contribution < 1.29 is 9.50 Å². The molecule has 8 heteroatoms. The van der Waals surface area contributed by atoms with Crippen LogP contribution in [0.5, 0.6) is 0 Å². The quantitative estimate of drug-likeness (QED) is 0.610. The van der Waals surface area contributed by atoms with Gasteiger partial charge in [0.15, 0.2) is 5.96 Å². The molecule has 27 heavy (non-hydrogen) atoms. The predicted molar refractivity (Wildman–Crippen MR) is 103 cm³/mol. The second kappa shape index (κ2) is 9.27. The molecule has 144 valence electrons. The van der Waals surface area contributed by atoms with Crippen LogP contribution in [0.15, 0.2) is 41.7 Å². The number of aromatic nitrogens is 2. The van der Waals surface area contributed by atoms with E-state index in [-0.39, 0.29) is 6.61 Å². The van der Waals surface area contributed by atoms with Gasteiger partial charge in [-0.05, 0) is 30.7 Å². The number of aliphatic imine (C=N–C) groups is 1. The number of aliphatic hydroxyl groups is 1. The lowest BCUT2D eigenvalue weighted by Crippen LogP contribution is -2.52. The minimum atomic E-state index is -0.392. The third kappa shape index (κ3) is 4.91. The highest BCUT2D eigenvalue weighted by molar-refractivity contribution is 5.80. The summed E-state index contributed by atoms with van der Waals surface area (Å²) in [6, 6.07) is 6.55. The molecule has 1 aromatic heterocycles. The molecular formula is C19H25FN6O. The first kappa shape index (κ1) is 19.0. The molecule has 1 aliphatic rings. The van der Waals surface area contributed by atoms with Crippen molar-refractivity contribution in [1.29, 1.82) is 0 Å². The number of guanidine groups is 1. The summed E-state index contributed by atoms with van der Waals surface area (Å²) in [6.45, 7) is 6.19. The molecule has 1 fully saturated rings. The highest BCUT2D eigenvalue weighted by Crippen LogP contribution is 2.13. The number of nitrogens with zero attached hydrogens (tertiary/aromatic N) is 5. The van der Waals surface area contributed by atoms with Gasteiger partial charge in [-0.25, -0.2) is 19.4 Å². The molecule has 2 heterocycles. The molecule has 3 rings (SSSR count). The maximum Gasteiger partial charge on any atom is 0.225 e. The summed E-state index contributed by atoms with van der Waals surface area (Å²) in [4.78, 5) is 17.7. The highest BCUT2D eigenvalue weighted by Gasteiger charge is 2.21. The molecule has 0 radical (unpaired) electrons. The van der Waals surface area contributed by atoms with Crippen LogP contribution in [0.3, 0.4) is 0 Å². The van der Waals surface area contributed by atoms with Gasteiger partial charge in [0.1, 0.15) is 5.82 Å². The molecule has 0 amide bonds. The Bertz CT molecular complexity index is 762. The van der Waals surface area contributed by atoms with Gasteiger partial charge in [-0.15, -0.1) is 0 Å². The first-order valence-electron chi connectivity index (χ1n) is 9.14. The maximum absolute atomic E-state index is 13.5. The number of benzene rings is 1. The lowest BCUT2D eigenvalue weighted by atomic mass is 10.1. The zero-order chi connectivity index (χ0) is 19.1. The highest BCUT2D eigenvalue weighted by atomic mass is 19.1. The Labute approximate surface area is 158 Å². The number of piperazine rings is 1. The van der Waals surface area contributed by atoms with Crippen LogP contribution < -0.4 is 10.2 Å². The van der Waals surface area contributed by atoms with Crippen molar-refractivity contribution in [3.8, 4) is 0 Å². The molecule has 0 saturated carbocycles. The SMILES string of the molecule is CCNC(=NCc1ccc(F)c(CO)c1)N1CCN(c2ncccn2)CC1. The first-order valence-corrected chi connectivity index (χ1v) is 9.14. The van der Waals surface area contributed by atoms with Gasteiger partial charge in [-0.3, -0.25) is 0 Å². The first-order chi connectivity index (χ1) is 13.2. The summed E-state index contributed by atoms with van der Waals surface area (Å²) in [6.07, 6.45) is 3.51. The zero-order valence-electron chi connectivity index (χ0n) is 15.5. The summed E-state index contributed by atoms with van der Waals surface area (Å²) in [5.74, 6) is 1.19. The predicted octanol–water partition coefficient (Wildman–Crippen LogP) is 1.40. The summed E-state index contributed by atoms with van der Waals surface area (Å²) in [5, 5.41) is 12.5.